The highest BCUT2D eigenvalue weighted by atomic mass is 19.4. The van der Waals surface area contributed by atoms with Crippen molar-refractivity contribution in [1.82, 2.24) is 9.97 Å². The number of amides is 1. The smallest absolute Gasteiger partial charge is 0.379 e. The zero-order valence-corrected chi connectivity index (χ0v) is 17.0. The lowest BCUT2D eigenvalue weighted by Gasteiger charge is -2.21. The Morgan fingerprint density at radius 2 is 2.03 bits per heavy atom. The Bertz CT molecular complexity index is 1060. The second kappa shape index (κ2) is 8.58. The van der Waals surface area contributed by atoms with Gasteiger partial charge in [0.05, 0.1) is 29.2 Å². The fourth-order valence-electron chi connectivity index (χ4n) is 3.58. The van der Waals surface area contributed by atoms with E-state index in [-0.39, 0.29) is 18.4 Å². The van der Waals surface area contributed by atoms with E-state index in [0.29, 0.717) is 24.3 Å². The van der Waals surface area contributed by atoms with Crippen LogP contribution in [0.1, 0.15) is 24.0 Å². The molecule has 1 aliphatic heterocycles. The molecule has 2 aromatic carbocycles. The van der Waals surface area contributed by atoms with Crippen LogP contribution in [0.5, 0.6) is 0 Å². The minimum Gasteiger partial charge on any atom is -0.379 e. The Kier molecular flexibility index (Phi) is 5.86. The van der Waals surface area contributed by atoms with Crippen molar-refractivity contribution in [3.63, 3.8) is 0 Å². The quantitative estimate of drug-likeness (QED) is 0.607. The van der Waals surface area contributed by atoms with E-state index < -0.39 is 11.7 Å². The van der Waals surface area contributed by atoms with Gasteiger partial charge in [-0.1, -0.05) is 12.1 Å². The van der Waals surface area contributed by atoms with Crippen LogP contribution >= 0.6 is 0 Å². The summed E-state index contributed by atoms with van der Waals surface area (Å²) in [6, 6.07) is 10.6. The molecule has 0 radical (unpaired) electrons. The van der Waals surface area contributed by atoms with Crippen LogP contribution in [0.15, 0.2) is 42.5 Å². The van der Waals surface area contributed by atoms with Crippen molar-refractivity contribution < 1.29 is 22.7 Å². The third kappa shape index (κ3) is 4.99. The molecule has 31 heavy (non-hydrogen) atoms. The molecule has 2 N–H and O–H groups in total. The summed E-state index contributed by atoms with van der Waals surface area (Å²) in [7, 11) is 1.97. The number of aryl methyl sites for hydroxylation is 1. The summed E-state index contributed by atoms with van der Waals surface area (Å²) >= 11 is 0. The van der Waals surface area contributed by atoms with Crippen LogP contribution in [0.2, 0.25) is 0 Å². The van der Waals surface area contributed by atoms with Crippen molar-refractivity contribution in [1.29, 1.82) is 0 Å². The molecule has 164 valence electrons. The van der Waals surface area contributed by atoms with E-state index in [1.165, 1.54) is 12.1 Å². The predicted molar refractivity (Wildman–Crippen MR) is 112 cm³/mol. The van der Waals surface area contributed by atoms with Gasteiger partial charge in [-0.25, -0.2) is 4.98 Å². The summed E-state index contributed by atoms with van der Waals surface area (Å²) in [5.41, 5.74) is 2.21. The number of hydrogen-bond donors (Lipinski definition) is 2. The van der Waals surface area contributed by atoms with E-state index >= 15 is 0 Å². The maximum atomic E-state index is 12.6. The average Bonchev–Trinajstić information content (AvgIpc) is 3.41. The summed E-state index contributed by atoms with van der Waals surface area (Å²) in [4.78, 5) is 22.2. The van der Waals surface area contributed by atoms with Crippen LogP contribution in [0, 0.1) is 0 Å². The van der Waals surface area contributed by atoms with Gasteiger partial charge in [0, 0.05) is 25.8 Å². The monoisotopic (exact) mass is 432 g/mol. The van der Waals surface area contributed by atoms with Crippen LogP contribution < -0.4 is 10.2 Å². The van der Waals surface area contributed by atoms with Gasteiger partial charge >= 0.3 is 6.18 Å². The lowest BCUT2D eigenvalue weighted by atomic mass is 10.1. The number of nitrogens with zero attached hydrogens (tertiary/aromatic N) is 2. The van der Waals surface area contributed by atoms with E-state index in [0.717, 1.165) is 42.1 Å². The van der Waals surface area contributed by atoms with Crippen LogP contribution in [0.3, 0.4) is 0 Å². The number of carbonyl (C=O) groups is 1. The van der Waals surface area contributed by atoms with Gasteiger partial charge in [-0.05, 0) is 48.7 Å². The minimum atomic E-state index is -4.36. The lowest BCUT2D eigenvalue weighted by molar-refractivity contribution is -0.137. The Balaban J connectivity index is 1.36. The lowest BCUT2D eigenvalue weighted by Crippen LogP contribution is -2.32. The van der Waals surface area contributed by atoms with Crippen LogP contribution in [0.4, 0.5) is 24.8 Å². The number of aromatic amines is 1. The third-order valence-corrected chi connectivity index (χ3v) is 5.46. The molecule has 1 saturated heterocycles. The molecule has 1 amide bonds. The molecule has 0 aliphatic carbocycles. The average molecular weight is 432 g/mol. The first-order chi connectivity index (χ1) is 14.8. The number of carbonyl (C=O) groups excluding carboxylic acids is 1. The fourth-order valence-corrected chi connectivity index (χ4v) is 3.58. The molecule has 1 unspecified atom stereocenters. The molecular weight excluding hydrogens is 409 g/mol. The number of imidazole rings is 1. The summed E-state index contributed by atoms with van der Waals surface area (Å²) in [6.45, 7) is 1.42. The number of aromatic nitrogens is 2. The number of benzene rings is 2. The standard InChI is InChI=1S/C22H23F3N4O2/c1-29(17-10-11-31-13-17)21-27-18-8-7-16(12-19(18)28-21)26-20(30)9-4-14-2-5-15(6-3-14)22(23,24)25/h2-3,5-8,12,17H,4,9-11,13H2,1H3,(H,26,30)(H,27,28). The summed E-state index contributed by atoms with van der Waals surface area (Å²) < 4.78 is 43.3. The second-order valence-electron chi connectivity index (χ2n) is 7.66. The topological polar surface area (TPSA) is 70.2 Å². The molecule has 1 fully saturated rings. The van der Waals surface area contributed by atoms with Gasteiger partial charge in [0.15, 0.2) is 0 Å². The highest BCUT2D eigenvalue weighted by Gasteiger charge is 2.29. The fraction of sp³-hybridized carbons (Fsp3) is 0.364. The molecule has 0 bridgehead atoms. The number of likely N-dealkylation sites (N-methyl/N-ethyl adjacent to an activating group) is 1. The summed E-state index contributed by atoms with van der Waals surface area (Å²) in [5, 5.41) is 2.83. The molecule has 1 aliphatic rings. The number of alkyl halides is 3. The molecular formula is C22H23F3N4O2. The zero-order chi connectivity index (χ0) is 22.0. The molecule has 6 nitrogen and oxygen atoms in total. The van der Waals surface area contributed by atoms with E-state index in [4.69, 9.17) is 4.74 Å². The Hall–Kier alpha value is -3.07. The van der Waals surface area contributed by atoms with Gasteiger partial charge in [-0.3, -0.25) is 4.79 Å². The normalized spacial score (nSPS) is 16.6. The molecule has 3 aromatic rings. The highest BCUT2D eigenvalue weighted by molar-refractivity contribution is 5.93. The van der Waals surface area contributed by atoms with Crippen molar-refractivity contribution in [2.75, 3.05) is 30.5 Å². The third-order valence-electron chi connectivity index (χ3n) is 5.46. The Morgan fingerprint density at radius 1 is 1.26 bits per heavy atom. The molecule has 0 saturated carbocycles. The van der Waals surface area contributed by atoms with Gasteiger partial charge in [0.1, 0.15) is 0 Å². The van der Waals surface area contributed by atoms with E-state index in [1.54, 1.807) is 6.07 Å². The molecule has 2 heterocycles. The molecule has 0 spiro atoms. The number of hydrogen-bond acceptors (Lipinski definition) is 4. The highest BCUT2D eigenvalue weighted by Crippen LogP contribution is 2.29. The number of anilines is 2. The van der Waals surface area contributed by atoms with Gasteiger partial charge < -0.3 is 19.9 Å². The van der Waals surface area contributed by atoms with Gasteiger partial charge in [0.25, 0.3) is 0 Å². The van der Waals surface area contributed by atoms with E-state index in [2.05, 4.69) is 20.2 Å². The van der Waals surface area contributed by atoms with Crippen molar-refractivity contribution >= 4 is 28.6 Å². The maximum Gasteiger partial charge on any atom is 0.416 e. The van der Waals surface area contributed by atoms with E-state index in [9.17, 15) is 18.0 Å². The van der Waals surface area contributed by atoms with Crippen LogP contribution in [-0.2, 0) is 22.1 Å². The van der Waals surface area contributed by atoms with Crippen molar-refractivity contribution in [2.45, 2.75) is 31.5 Å². The Morgan fingerprint density at radius 3 is 2.71 bits per heavy atom. The van der Waals surface area contributed by atoms with E-state index in [1.807, 2.05) is 19.2 Å². The number of halogens is 3. The molecule has 1 aromatic heterocycles. The first kappa shape index (κ1) is 21.2. The van der Waals surface area contributed by atoms with Gasteiger partial charge in [-0.15, -0.1) is 0 Å². The predicted octanol–water partition coefficient (Wildman–Crippen LogP) is 4.38. The zero-order valence-electron chi connectivity index (χ0n) is 17.0. The summed E-state index contributed by atoms with van der Waals surface area (Å²) in [6.07, 6.45) is -2.88. The number of nitrogens with one attached hydrogen (secondary N) is 2. The van der Waals surface area contributed by atoms with Crippen molar-refractivity contribution in [3.05, 3.63) is 53.6 Å². The first-order valence-electron chi connectivity index (χ1n) is 10.1. The number of fused-ring (bicyclic) bond motifs is 1. The molecule has 1 atom stereocenters. The first-order valence-corrected chi connectivity index (χ1v) is 10.1. The van der Waals surface area contributed by atoms with Crippen LogP contribution in [-0.4, -0.2) is 42.2 Å². The number of rotatable bonds is 6. The largest absolute Gasteiger partial charge is 0.416 e. The minimum absolute atomic E-state index is 0.169. The number of H-pyrrole nitrogens is 1. The van der Waals surface area contributed by atoms with Crippen molar-refractivity contribution in [2.24, 2.45) is 0 Å². The maximum absolute atomic E-state index is 12.6. The summed E-state index contributed by atoms with van der Waals surface area (Å²) in [5.74, 6) is 0.537. The molecule has 4 rings (SSSR count). The molecule has 9 heteroatoms. The van der Waals surface area contributed by atoms with Gasteiger partial charge in [0.2, 0.25) is 11.9 Å². The van der Waals surface area contributed by atoms with Gasteiger partial charge in [-0.2, -0.15) is 13.2 Å². The number of ether oxygens (including phenoxy) is 1. The van der Waals surface area contributed by atoms with Crippen LogP contribution in [0.25, 0.3) is 11.0 Å². The second-order valence-corrected chi connectivity index (χ2v) is 7.66. The Labute approximate surface area is 177 Å². The SMILES string of the molecule is CN(c1nc2ccc(NC(=O)CCc3ccc(C(F)(F)F)cc3)cc2[nH]1)C1CCOC1. The van der Waals surface area contributed by atoms with Crippen molar-refractivity contribution in [3.8, 4) is 0 Å².